The van der Waals surface area contributed by atoms with Crippen LogP contribution >= 0.6 is 0 Å². The van der Waals surface area contributed by atoms with Gasteiger partial charge in [0, 0.05) is 11.6 Å². The zero-order chi connectivity index (χ0) is 21.0. The predicted octanol–water partition coefficient (Wildman–Crippen LogP) is 2.87. The lowest BCUT2D eigenvalue weighted by Crippen LogP contribution is -2.14. The molecule has 3 N–H and O–H groups in total. The molecule has 3 aromatic rings. The highest BCUT2D eigenvalue weighted by Gasteiger charge is 2.16. The van der Waals surface area contributed by atoms with E-state index in [0.717, 1.165) is 0 Å². The maximum Gasteiger partial charge on any atom is 0.412 e. The number of benzene rings is 1. The third kappa shape index (κ3) is 4.05. The summed E-state index contributed by atoms with van der Waals surface area (Å²) in [4.78, 5) is 24.9. The monoisotopic (exact) mass is 399 g/mol. The number of hydrogen-bond acceptors (Lipinski definition) is 9. The molecule has 3 rings (SSSR count). The van der Waals surface area contributed by atoms with E-state index < -0.39 is 6.09 Å². The first-order valence-corrected chi connectivity index (χ1v) is 8.68. The van der Waals surface area contributed by atoms with E-state index in [0.29, 0.717) is 39.7 Å². The molecule has 10 heteroatoms. The van der Waals surface area contributed by atoms with E-state index in [4.69, 9.17) is 24.7 Å². The Kier molecular flexibility index (Phi) is 5.82. The van der Waals surface area contributed by atoms with Gasteiger partial charge in [-0.05, 0) is 19.1 Å². The minimum absolute atomic E-state index is 0.213. The largest absolute Gasteiger partial charge is 0.493 e. The van der Waals surface area contributed by atoms with Crippen LogP contribution in [0.25, 0.3) is 22.4 Å². The number of carbonyl (C=O) groups is 1. The smallest absolute Gasteiger partial charge is 0.412 e. The molecule has 0 aliphatic rings. The van der Waals surface area contributed by atoms with Crippen molar-refractivity contribution < 1.29 is 23.7 Å². The number of hydrogen-bond donors (Lipinski definition) is 2. The number of fused-ring (bicyclic) bond motifs is 1. The summed E-state index contributed by atoms with van der Waals surface area (Å²) in [5.74, 6) is 1.64. The van der Waals surface area contributed by atoms with E-state index in [1.165, 1.54) is 27.4 Å². The molecule has 1 aromatic carbocycles. The first-order chi connectivity index (χ1) is 14.0. The summed E-state index contributed by atoms with van der Waals surface area (Å²) in [6.45, 7) is 1.94. The Hall–Kier alpha value is -3.82. The Morgan fingerprint density at radius 3 is 2.34 bits per heavy atom. The van der Waals surface area contributed by atoms with Gasteiger partial charge in [-0.25, -0.2) is 19.7 Å². The topological polar surface area (TPSA) is 131 Å². The second kappa shape index (κ2) is 8.46. The standard InChI is InChI=1S/C19H21N5O5/c1-5-29-19(25)24-15-8-11(20)16-18(23-15)22-12(9-21-16)10-6-13(26-2)17(28-4)14(7-10)27-3/h6-9H,5H2,1-4H3,(H3,20,22,23,24,25). The lowest BCUT2D eigenvalue weighted by atomic mass is 10.1. The van der Waals surface area contributed by atoms with Crippen molar-refractivity contribution in [2.75, 3.05) is 39.0 Å². The molecule has 0 unspecified atom stereocenters. The lowest BCUT2D eigenvalue weighted by molar-refractivity contribution is 0.168. The Morgan fingerprint density at radius 1 is 1.07 bits per heavy atom. The van der Waals surface area contributed by atoms with Gasteiger partial charge in [0.15, 0.2) is 17.1 Å². The van der Waals surface area contributed by atoms with Crippen LogP contribution in [0.5, 0.6) is 17.2 Å². The quantitative estimate of drug-likeness (QED) is 0.642. The molecule has 0 saturated heterocycles. The minimum atomic E-state index is -0.632. The third-order valence-corrected chi connectivity index (χ3v) is 4.01. The van der Waals surface area contributed by atoms with E-state index in [2.05, 4.69) is 20.3 Å². The molecule has 0 bridgehead atoms. The molecule has 10 nitrogen and oxygen atoms in total. The van der Waals surface area contributed by atoms with Crippen LogP contribution in [-0.2, 0) is 4.74 Å². The molecular formula is C19H21N5O5. The molecular weight excluding hydrogens is 378 g/mol. The highest BCUT2D eigenvalue weighted by Crippen LogP contribution is 2.40. The summed E-state index contributed by atoms with van der Waals surface area (Å²) in [5.41, 5.74) is 8.23. The number of nitrogens with two attached hydrogens (primary N) is 1. The molecule has 0 radical (unpaired) electrons. The van der Waals surface area contributed by atoms with Crippen molar-refractivity contribution in [3.05, 3.63) is 24.4 Å². The number of nitrogen functional groups attached to an aromatic ring is 1. The van der Waals surface area contributed by atoms with Crippen molar-refractivity contribution in [2.24, 2.45) is 0 Å². The van der Waals surface area contributed by atoms with Gasteiger partial charge >= 0.3 is 6.09 Å². The van der Waals surface area contributed by atoms with Gasteiger partial charge in [0.1, 0.15) is 11.3 Å². The first kappa shape index (κ1) is 19.9. The summed E-state index contributed by atoms with van der Waals surface area (Å²) in [6, 6.07) is 5.00. The molecule has 152 valence electrons. The summed E-state index contributed by atoms with van der Waals surface area (Å²) in [5, 5.41) is 2.51. The first-order valence-electron chi connectivity index (χ1n) is 8.68. The number of nitrogens with one attached hydrogen (secondary N) is 1. The molecule has 0 spiro atoms. The van der Waals surface area contributed by atoms with Crippen molar-refractivity contribution >= 4 is 28.8 Å². The molecule has 2 aromatic heterocycles. The second-order valence-corrected chi connectivity index (χ2v) is 5.78. The summed E-state index contributed by atoms with van der Waals surface area (Å²) in [6.07, 6.45) is 0.937. The normalized spacial score (nSPS) is 10.5. The number of amides is 1. The molecule has 29 heavy (non-hydrogen) atoms. The predicted molar refractivity (Wildman–Crippen MR) is 107 cm³/mol. The fraction of sp³-hybridized carbons (Fsp3) is 0.263. The van der Waals surface area contributed by atoms with E-state index in [1.54, 1.807) is 25.3 Å². The van der Waals surface area contributed by atoms with Gasteiger partial charge in [-0.15, -0.1) is 0 Å². The van der Waals surface area contributed by atoms with Crippen molar-refractivity contribution in [3.63, 3.8) is 0 Å². The van der Waals surface area contributed by atoms with Crippen molar-refractivity contribution in [3.8, 4) is 28.5 Å². The third-order valence-electron chi connectivity index (χ3n) is 4.01. The zero-order valence-corrected chi connectivity index (χ0v) is 16.5. The van der Waals surface area contributed by atoms with Gasteiger partial charge in [-0.3, -0.25) is 5.32 Å². The SMILES string of the molecule is CCOC(=O)Nc1cc(N)c2ncc(-c3cc(OC)c(OC)c(OC)c3)nc2n1. The molecule has 0 saturated carbocycles. The van der Waals surface area contributed by atoms with Gasteiger partial charge in [-0.2, -0.15) is 0 Å². The Bertz CT molecular complexity index is 1030. The number of aromatic nitrogens is 3. The summed E-state index contributed by atoms with van der Waals surface area (Å²) >= 11 is 0. The van der Waals surface area contributed by atoms with E-state index in [-0.39, 0.29) is 18.1 Å². The van der Waals surface area contributed by atoms with Crippen LogP contribution in [0.2, 0.25) is 0 Å². The van der Waals surface area contributed by atoms with Crippen LogP contribution < -0.4 is 25.3 Å². The van der Waals surface area contributed by atoms with Crippen LogP contribution in [0.4, 0.5) is 16.3 Å². The number of pyridine rings is 1. The highest BCUT2D eigenvalue weighted by molar-refractivity contribution is 5.91. The number of ether oxygens (including phenoxy) is 4. The molecule has 0 aliphatic carbocycles. The maximum absolute atomic E-state index is 11.7. The van der Waals surface area contributed by atoms with Crippen LogP contribution in [-0.4, -0.2) is 49.0 Å². The van der Waals surface area contributed by atoms with Crippen LogP contribution in [0.1, 0.15) is 6.92 Å². The van der Waals surface area contributed by atoms with Crippen molar-refractivity contribution in [1.82, 2.24) is 15.0 Å². The molecule has 0 aliphatic heterocycles. The fourth-order valence-corrected chi connectivity index (χ4v) is 2.73. The van der Waals surface area contributed by atoms with Crippen LogP contribution in [0.15, 0.2) is 24.4 Å². The Labute approximate surface area is 167 Å². The number of methoxy groups -OCH3 is 3. The average Bonchev–Trinajstić information content (AvgIpc) is 2.72. The molecule has 0 fully saturated rings. The summed E-state index contributed by atoms with van der Waals surface area (Å²) in [7, 11) is 4.59. The minimum Gasteiger partial charge on any atom is -0.493 e. The number of nitrogens with zero attached hydrogens (tertiary/aromatic N) is 3. The van der Waals surface area contributed by atoms with Crippen LogP contribution in [0, 0.1) is 0 Å². The zero-order valence-electron chi connectivity index (χ0n) is 16.5. The molecule has 1 amide bonds. The second-order valence-electron chi connectivity index (χ2n) is 5.78. The van der Waals surface area contributed by atoms with Crippen molar-refractivity contribution in [2.45, 2.75) is 6.92 Å². The lowest BCUT2D eigenvalue weighted by Gasteiger charge is -2.14. The van der Waals surface area contributed by atoms with Crippen molar-refractivity contribution in [1.29, 1.82) is 0 Å². The fourth-order valence-electron chi connectivity index (χ4n) is 2.73. The van der Waals surface area contributed by atoms with E-state index in [9.17, 15) is 4.79 Å². The number of anilines is 2. The van der Waals surface area contributed by atoms with E-state index >= 15 is 0 Å². The van der Waals surface area contributed by atoms with Gasteiger partial charge in [0.2, 0.25) is 5.75 Å². The summed E-state index contributed by atoms with van der Waals surface area (Å²) < 4.78 is 21.0. The van der Waals surface area contributed by atoms with Gasteiger partial charge in [-0.1, -0.05) is 0 Å². The van der Waals surface area contributed by atoms with Crippen LogP contribution in [0.3, 0.4) is 0 Å². The molecule has 0 atom stereocenters. The number of rotatable bonds is 6. The average molecular weight is 399 g/mol. The number of carbonyl (C=O) groups excluding carboxylic acids is 1. The Morgan fingerprint density at radius 2 is 1.76 bits per heavy atom. The highest BCUT2D eigenvalue weighted by atomic mass is 16.5. The molecule has 2 heterocycles. The Balaban J connectivity index is 2.08. The maximum atomic E-state index is 11.7. The van der Waals surface area contributed by atoms with Gasteiger partial charge < -0.3 is 24.7 Å². The van der Waals surface area contributed by atoms with Gasteiger partial charge in [0.25, 0.3) is 0 Å². The van der Waals surface area contributed by atoms with E-state index in [1.807, 2.05) is 0 Å². The van der Waals surface area contributed by atoms with Gasteiger partial charge in [0.05, 0.1) is 45.5 Å².